The fraction of sp³-hybridized carbons (Fsp3) is 0.414. The van der Waals surface area contributed by atoms with Crippen LogP contribution in [0.15, 0.2) is 65.1 Å². The van der Waals surface area contributed by atoms with Crippen LogP contribution in [0.5, 0.6) is 0 Å². The van der Waals surface area contributed by atoms with Gasteiger partial charge in [-0.05, 0) is 30.0 Å². The van der Waals surface area contributed by atoms with E-state index in [0.717, 1.165) is 43.1 Å². The minimum absolute atomic E-state index is 0.136. The number of nitrogens with zero attached hydrogens (tertiary/aromatic N) is 1. The van der Waals surface area contributed by atoms with E-state index in [1.54, 1.807) is 0 Å². The molecule has 186 valence electrons. The Morgan fingerprint density at radius 3 is 2.44 bits per heavy atom. The van der Waals surface area contributed by atoms with Gasteiger partial charge in [0.25, 0.3) is 0 Å². The summed E-state index contributed by atoms with van der Waals surface area (Å²) in [6, 6.07) is 18.1. The van der Waals surface area contributed by atoms with Gasteiger partial charge in [-0.1, -0.05) is 80.6 Å². The number of para-hydroxylation sites is 1. The Hall–Kier alpha value is -3.45. The Labute approximate surface area is 209 Å². The van der Waals surface area contributed by atoms with Gasteiger partial charge in [-0.3, -0.25) is 24.6 Å². The SMILES string of the molecule is O=C1C2C(c3cc4ccccc4o3)NC(CC3CCCCC3)(C(=O)O)C2C(=O)N1Cc1ccccc1. The lowest BCUT2D eigenvalue weighted by Crippen LogP contribution is -2.56. The number of hydrogen-bond donors (Lipinski definition) is 2. The van der Waals surface area contributed by atoms with Gasteiger partial charge in [0, 0.05) is 5.39 Å². The summed E-state index contributed by atoms with van der Waals surface area (Å²) in [4.78, 5) is 42.0. The number of benzene rings is 2. The maximum atomic E-state index is 13.9. The first-order valence-corrected chi connectivity index (χ1v) is 12.9. The Morgan fingerprint density at radius 1 is 1.00 bits per heavy atom. The molecule has 3 aliphatic rings. The van der Waals surface area contributed by atoms with E-state index < -0.39 is 35.3 Å². The molecule has 2 aromatic carbocycles. The number of carboxylic acid groups (broad SMARTS) is 1. The van der Waals surface area contributed by atoms with Crippen molar-refractivity contribution >= 4 is 28.8 Å². The third kappa shape index (κ3) is 3.64. The number of furan rings is 1. The first-order chi connectivity index (χ1) is 17.5. The van der Waals surface area contributed by atoms with Gasteiger partial charge >= 0.3 is 5.97 Å². The van der Waals surface area contributed by atoms with E-state index in [4.69, 9.17) is 4.42 Å². The van der Waals surface area contributed by atoms with E-state index >= 15 is 0 Å². The van der Waals surface area contributed by atoms with Gasteiger partial charge in [0.2, 0.25) is 11.8 Å². The van der Waals surface area contributed by atoms with E-state index in [1.165, 1.54) is 4.90 Å². The average Bonchev–Trinajstić information content (AvgIpc) is 3.54. The predicted octanol–water partition coefficient (Wildman–Crippen LogP) is 4.67. The summed E-state index contributed by atoms with van der Waals surface area (Å²) >= 11 is 0. The Balaban J connectivity index is 1.43. The summed E-state index contributed by atoms with van der Waals surface area (Å²) in [5.41, 5.74) is -0.0152. The summed E-state index contributed by atoms with van der Waals surface area (Å²) in [5.74, 6) is -2.92. The third-order valence-corrected chi connectivity index (χ3v) is 8.40. The van der Waals surface area contributed by atoms with Gasteiger partial charge in [-0.25, -0.2) is 0 Å². The topological polar surface area (TPSA) is 99.9 Å². The van der Waals surface area contributed by atoms with Gasteiger partial charge in [0.1, 0.15) is 16.9 Å². The molecular formula is C29H30N2O5. The number of carboxylic acids is 1. The standard InChI is InChI=1S/C29H30N2O5/c32-26-23-24(27(33)31(26)17-19-11-5-2-6-12-19)29(28(34)35,16-18-9-3-1-4-10-18)30-25(23)22-15-20-13-7-8-14-21(20)36-22/h2,5-8,11-15,18,23-25,30H,1,3-4,9-10,16-17H2,(H,34,35). The number of likely N-dealkylation sites (tertiary alicyclic amines) is 1. The molecule has 1 saturated carbocycles. The summed E-state index contributed by atoms with van der Waals surface area (Å²) in [5, 5.41) is 14.8. The molecule has 36 heavy (non-hydrogen) atoms. The van der Waals surface area contributed by atoms with Gasteiger partial charge in [-0.2, -0.15) is 0 Å². The van der Waals surface area contributed by atoms with E-state index in [1.807, 2.05) is 60.7 Å². The number of hydrogen-bond acceptors (Lipinski definition) is 5. The highest BCUT2D eigenvalue weighted by Crippen LogP contribution is 2.52. The molecule has 3 fully saturated rings. The first-order valence-electron chi connectivity index (χ1n) is 12.9. The van der Waals surface area contributed by atoms with E-state index in [0.29, 0.717) is 17.8 Å². The van der Waals surface area contributed by atoms with Crippen molar-refractivity contribution in [3.05, 3.63) is 72.0 Å². The van der Waals surface area contributed by atoms with Gasteiger partial charge in [-0.15, -0.1) is 0 Å². The van der Waals surface area contributed by atoms with Crippen LogP contribution in [-0.4, -0.2) is 33.3 Å². The van der Waals surface area contributed by atoms with Crippen LogP contribution in [0, 0.1) is 17.8 Å². The van der Waals surface area contributed by atoms with Crippen LogP contribution >= 0.6 is 0 Å². The number of carbonyl (C=O) groups excluding carboxylic acids is 2. The van der Waals surface area contributed by atoms with Crippen LogP contribution in [0.4, 0.5) is 0 Å². The summed E-state index contributed by atoms with van der Waals surface area (Å²) in [7, 11) is 0. The van der Waals surface area contributed by atoms with Crippen molar-refractivity contribution in [1.82, 2.24) is 10.2 Å². The minimum atomic E-state index is -1.52. The predicted molar refractivity (Wildman–Crippen MR) is 133 cm³/mol. The lowest BCUT2D eigenvalue weighted by molar-refractivity contribution is -0.152. The molecule has 0 spiro atoms. The zero-order valence-corrected chi connectivity index (χ0v) is 20.1. The summed E-state index contributed by atoms with van der Waals surface area (Å²) in [6.07, 6.45) is 5.50. The van der Waals surface area contributed by atoms with Crippen LogP contribution in [0.2, 0.25) is 0 Å². The molecule has 0 radical (unpaired) electrons. The minimum Gasteiger partial charge on any atom is -0.480 e. The van der Waals surface area contributed by atoms with Crippen LogP contribution in [0.1, 0.15) is 55.9 Å². The highest BCUT2D eigenvalue weighted by Gasteiger charge is 2.69. The lowest BCUT2D eigenvalue weighted by atomic mass is 9.72. The van der Waals surface area contributed by atoms with Crippen molar-refractivity contribution in [2.24, 2.45) is 17.8 Å². The molecule has 2 amide bonds. The third-order valence-electron chi connectivity index (χ3n) is 8.40. The van der Waals surface area contributed by atoms with Gasteiger partial charge in [0.15, 0.2) is 0 Å². The average molecular weight is 487 g/mol. The van der Waals surface area contributed by atoms with Crippen molar-refractivity contribution in [1.29, 1.82) is 0 Å². The van der Waals surface area contributed by atoms with Crippen LogP contribution in [0.3, 0.4) is 0 Å². The zero-order chi connectivity index (χ0) is 24.9. The smallest absolute Gasteiger partial charge is 0.324 e. The number of imide groups is 1. The molecule has 2 N–H and O–H groups in total. The normalized spacial score (nSPS) is 28.7. The molecule has 3 aromatic rings. The molecular weight excluding hydrogens is 456 g/mol. The highest BCUT2D eigenvalue weighted by atomic mass is 16.4. The largest absolute Gasteiger partial charge is 0.480 e. The second kappa shape index (κ2) is 8.89. The van der Waals surface area contributed by atoms with E-state index in [2.05, 4.69) is 5.32 Å². The van der Waals surface area contributed by atoms with Crippen molar-refractivity contribution in [2.45, 2.75) is 56.7 Å². The number of fused-ring (bicyclic) bond motifs is 2. The lowest BCUT2D eigenvalue weighted by Gasteiger charge is -2.35. The number of nitrogens with one attached hydrogen (secondary N) is 1. The maximum absolute atomic E-state index is 13.9. The van der Waals surface area contributed by atoms with Crippen LogP contribution in [0.25, 0.3) is 11.0 Å². The highest BCUT2D eigenvalue weighted by molar-refractivity contribution is 6.09. The fourth-order valence-electron chi connectivity index (χ4n) is 6.70. The Morgan fingerprint density at radius 2 is 1.72 bits per heavy atom. The number of carbonyl (C=O) groups is 3. The van der Waals surface area contributed by atoms with Gasteiger partial charge in [0.05, 0.1) is 24.4 Å². The number of aliphatic carboxylic acids is 1. The Bertz CT molecular complexity index is 1280. The molecule has 7 nitrogen and oxygen atoms in total. The van der Waals surface area contributed by atoms with Crippen molar-refractivity contribution in [3.8, 4) is 0 Å². The van der Waals surface area contributed by atoms with E-state index in [-0.39, 0.29) is 18.4 Å². The van der Waals surface area contributed by atoms with Crippen molar-refractivity contribution in [2.75, 3.05) is 0 Å². The second-order valence-corrected chi connectivity index (χ2v) is 10.5. The first kappa shape index (κ1) is 23.0. The molecule has 2 aliphatic heterocycles. The monoisotopic (exact) mass is 486 g/mol. The van der Waals surface area contributed by atoms with Gasteiger partial charge < -0.3 is 9.52 Å². The maximum Gasteiger partial charge on any atom is 0.324 e. The number of rotatable bonds is 6. The molecule has 4 unspecified atom stereocenters. The quantitative estimate of drug-likeness (QED) is 0.491. The second-order valence-electron chi connectivity index (χ2n) is 10.5. The zero-order valence-electron chi connectivity index (χ0n) is 20.1. The van der Waals surface area contributed by atoms with E-state index in [9.17, 15) is 19.5 Å². The molecule has 1 aliphatic carbocycles. The van der Waals surface area contributed by atoms with Crippen LogP contribution < -0.4 is 5.32 Å². The van der Waals surface area contributed by atoms with Crippen molar-refractivity contribution in [3.63, 3.8) is 0 Å². The fourth-order valence-corrected chi connectivity index (χ4v) is 6.70. The molecule has 0 bridgehead atoms. The molecule has 4 atom stereocenters. The Kier molecular flexibility index (Phi) is 5.67. The summed E-state index contributed by atoms with van der Waals surface area (Å²) < 4.78 is 6.12. The molecule has 3 heterocycles. The molecule has 6 rings (SSSR count). The number of amides is 2. The molecule has 2 saturated heterocycles. The molecule has 1 aromatic heterocycles. The van der Waals surface area contributed by atoms with Crippen LogP contribution in [-0.2, 0) is 20.9 Å². The van der Waals surface area contributed by atoms with Crippen molar-refractivity contribution < 1.29 is 23.9 Å². The molecule has 7 heteroatoms. The summed E-state index contributed by atoms with van der Waals surface area (Å²) in [6.45, 7) is 0.136.